The Morgan fingerprint density at radius 3 is 2.57 bits per heavy atom. The van der Waals surface area contributed by atoms with E-state index in [0.29, 0.717) is 0 Å². The van der Waals surface area contributed by atoms with Crippen LogP contribution in [0.25, 0.3) is 56.4 Å². The second-order valence-corrected chi connectivity index (χ2v) is 10.0. The zero-order valence-corrected chi connectivity index (χ0v) is 20.5. The van der Waals surface area contributed by atoms with Gasteiger partial charge in [-0.3, -0.25) is 4.57 Å². The number of fused-ring (bicyclic) bond motifs is 7. The standard InChI is InChI=1S/C34H25N3/c1-2-11-25(12-3-1)37-31-16-7-6-14-28(31)33-34(37)36-29-20-19-24(21-30(29)35-33)27-15-8-10-23-18-17-22-9-4-5-13-26(22)32(23)27/h1-6,9-14,17-21H,7-8,15-16H2. The Bertz CT molecular complexity index is 2030. The van der Waals surface area contributed by atoms with E-state index in [1.165, 1.54) is 43.6 Å². The predicted molar refractivity (Wildman–Crippen MR) is 153 cm³/mol. The Hall–Kier alpha value is -4.50. The lowest BCUT2D eigenvalue weighted by atomic mass is 9.90. The highest BCUT2D eigenvalue weighted by Gasteiger charge is 2.21. The summed E-state index contributed by atoms with van der Waals surface area (Å²) >= 11 is 0. The molecule has 2 aromatic heterocycles. The maximum atomic E-state index is 5.26. The molecule has 4 aromatic carbocycles. The first kappa shape index (κ1) is 20.7. The summed E-state index contributed by atoms with van der Waals surface area (Å²) in [7, 11) is 0. The Morgan fingerprint density at radius 1 is 0.730 bits per heavy atom. The second kappa shape index (κ2) is 8.01. The highest BCUT2D eigenvalue weighted by Crippen LogP contribution is 2.33. The first-order valence-electron chi connectivity index (χ1n) is 13.1. The lowest BCUT2D eigenvalue weighted by Gasteiger charge is -2.14. The predicted octanol–water partition coefficient (Wildman–Crippen LogP) is 6.46. The van der Waals surface area contributed by atoms with Gasteiger partial charge in [0.05, 0.1) is 11.0 Å². The Kier molecular flexibility index (Phi) is 4.47. The molecule has 176 valence electrons. The van der Waals surface area contributed by atoms with Gasteiger partial charge in [-0.05, 0) is 82.3 Å². The molecular formula is C34H25N3. The monoisotopic (exact) mass is 475 g/mol. The molecule has 6 aromatic rings. The van der Waals surface area contributed by atoms with E-state index in [1.54, 1.807) is 0 Å². The summed E-state index contributed by atoms with van der Waals surface area (Å²) in [6.07, 6.45) is 11.0. The van der Waals surface area contributed by atoms with Crippen molar-refractivity contribution in [2.45, 2.75) is 25.7 Å². The zero-order chi connectivity index (χ0) is 24.3. The van der Waals surface area contributed by atoms with Crippen molar-refractivity contribution in [1.82, 2.24) is 14.5 Å². The Balaban J connectivity index is 1.41. The Labute approximate surface area is 214 Å². The van der Waals surface area contributed by atoms with E-state index >= 15 is 0 Å². The van der Waals surface area contributed by atoms with Gasteiger partial charge in [0.25, 0.3) is 0 Å². The summed E-state index contributed by atoms with van der Waals surface area (Å²) in [5.41, 5.74) is 10.1. The summed E-state index contributed by atoms with van der Waals surface area (Å²) < 4.78 is 2.31. The molecule has 0 amide bonds. The van der Waals surface area contributed by atoms with E-state index in [4.69, 9.17) is 9.97 Å². The van der Waals surface area contributed by atoms with Gasteiger partial charge in [-0.1, -0.05) is 78.9 Å². The molecule has 0 saturated carbocycles. The second-order valence-electron chi connectivity index (χ2n) is 10.0. The van der Waals surface area contributed by atoms with Crippen molar-refractivity contribution in [3.8, 4) is 5.69 Å². The third kappa shape index (κ3) is 3.14. The van der Waals surface area contributed by atoms with Crippen molar-refractivity contribution in [1.29, 1.82) is 0 Å². The van der Waals surface area contributed by atoms with E-state index in [2.05, 4.69) is 108 Å². The number of hydrogen-bond acceptors (Lipinski definition) is 2. The molecule has 0 saturated heterocycles. The van der Waals surface area contributed by atoms with Crippen molar-refractivity contribution in [3.63, 3.8) is 0 Å². The summed E-state index contributed by atoms with van der Waals surface area (Å²) in [6.45, 7) is 0. The van der Waals surface area contributed by atoms with Crippen LogP contribution < -0.4 is 10.4 Å². The highest BCUT2D eigenvalue weighted by atomic mass is 15.1. The number of rotatable bonds is 2. The van der Waals surface area contributed by atoms with Crippen molar-refractivity contribution in [2.75, 3.05) is 0 Å². The third-order valence-corrected chi connectivity index (χ3v) is 7.91. The van der Waals surface area contributed by atoms with Crippen LogP contribution in [0, 0.1) is 0 Å². The van der Waals surface area contributed by atoms with Gasteiger partial charge >= 0.3 is 0 Å². The van der Waals surface area contributed by atoms with E-state index < -0.39 is 0 Å². The van der Waals surface area contributed by atoms with Crippen LogP contribution in [0.4, 0.5) is 0 Å². The van der Waals surface area contributed by atoms with Gasteiger partial charge in [-0.25, -0.2) is 9.97 Å². The van der Waals surface area contributed by atoms with Crippen LogP contribution in [0.3, 0.4) is 0 Å². The molecule has 0 radical (unpaired) electrons. The largest absolute Gasteiger partial charge is 0.296 e. The fraction of sp³-hybridized carbons (Fsp3) is 0.118. The summed E-state index contributed by atoms with van der Waals surface area (Å²) in [4.78, 5) is 10.4. The molecule has 0 unspecified atom stereocenters. The van der Waals surface area contributed by atoms with Gasteiger partial charge in [-0.15, -0.1) is 0 Å². The third-order valence-electron chi connectivity index (χ3n) is 7.91. The minimum atomic E-state index is 0.938. The van der Waals surface area contributed by atoms with Crippen LogP contribution in [0.1, 0.15) is 36.1 Å². The zero-order valence-electron chi connectivity index (χ0n) is 20.5. The van der Waals surface area contributed by atoms with Crippen LogP contribution in [0.2, 0.25) is 0 Å². The molecule has 37 heavy (non-hydrogen) atoms. The van der Waals surface area contributed by atoms with Gasteiger partial charge in [0.1, 0.15) is 5.52 Å². The average molecular weight is 476 g/mol. The van der Waals surface area contributed by atoms with Crippen molar-refractivity contribution < 1.29 is 0 Å². The number of aromatic nitrogens is 3. The molecular weight excluding hydrogens is 450 g/mol. The molecule has 2 heterocycles. The summed E-state index contributed by atoms with van der Waals surface area (Å²) in [5.74, 6) is 0. The van der Waals surface area contributed by atoms with E-state index in [9.17, 15) is 0 Å². The van der Waals surface area contributed by atoms with Crippen molar-refractivity contribution in [2.24, 2.45) is 0 Å². The van der Waals surface area contributed by atoms with Crippen molar-refractivity contribution in [3.05, 3.63) is 118 Å². The molecule has 3 heteroatoms. The molecule has 0 bridgehead atoms. The number of para-hydroxylation sites is 1. The quantitative estimate of drug-likeness (QED) is 0.288. The van der Waals surface area contributed by atoms with Gasteiger partial charge in [0.15, 0.2) is 5.65 Å². The summed E-state index contributed by atoms with van der Waals surface area (Å²) in [6, 6.07) is 30.4. The lowest BCUT2D eigenvalue weighted by molar-refractivity contribution is 0.883. The van der Waals surface area contributed by atoms with Crippen LogP contribution in [0.15, 0.2) is 91.0 Å². The molecule has 0 fully saturated rings. The van der Waals surface area contributed by atoms with E-state index in [0.717, 1.165) is 53.6 Å². The first-order valence-corrected chi connectivity index (χ1v) is 13.1. The molecule has 3 nitrogen and oxygen atoms in total. The van der Waals surface area contributed by atoms with E-state index in [-0.39, 0.29) is 0 Å². The molecule has 0 spiro atoms. The minimum absolute atomic E-state index is 0.938. The topological polar surface area (TPSA) is 30.7 Å². The minimum Gasteiger partial charge on any atom is -0.296 e. The normalized spacial score (nSPS) is 14.6. The van der Waals surface area contributed by atoms with Crippen molar-refractivity contribution >= 4 is 50.7 Å². The van der Waals surface area contributed by atoms with Gasteiger partial charge in [0.2, 0.25) is 0 Å². The molecule has 2 aliphatic rings. The highest BCUT2D eigenvalue weighted by molar-refractivity contribution is 5.95. The molecule has 8 rings (SSSR count). The smallest absolute Gasteiger partial charge is 0.164 e. The molecule has 0 atom stereocenters. The number of benzene rings is 4. The van der Waals surface area contributed by atoms with Crippen LogP contribution in [0.5, 0.6) is 0 Å². The average Bonchev–Trinajstić information content (AvgIpc) is 3.29. The molecule has 0 aliphatic heterocycles. The van der Waals surface area contributed by atoms with Crippen LogP contribution >= 0.6 is 0 Å². The SMILES string of the molecule is C1=Cc2c(n(-c3ccccc3)c3nc4ccc(C5=c6c(ccc7ccccc67)=CCC5)cc4nc23)CC1. The van der Waals surface area contributed by atoms with E-state index in [1.807, 2.05) is 0 Å². The number of hydrogen-bond donors (Lipinski definition) is 0. The van der Waals surface area contributed by atoms with Gasteiger partial charge < -0.3 is 0 Å². The van der Waals surface area contributed by atoms with Gasteiger partial charge in [0, 0.05) is 16.9 Å². The fourth-order valence-corrected chi connectivity index (χ4v) is 6.23. The maximum Gasteiger partial charge on any atom is 0.164 e. The number of nitrogens with zero attached hydrogens (tertiary/aromatic N) is 3. The van der Waals surface area contributed by atoms with Crippen LogP contribution in [-0.4, -0.2) is 14.5 Å². The molecule has 2 aliphatic carbocycles. The number of allylic oxidation sites excluding steroid dienone is 1. The van der Waals surface area contributed by atoms with Crippen LogP contribution in [-0.2, 0) is 6.42 Å². The first-order chi connectivity index (χ1) is 18.3. The Morgan fingerprint density at radius 2 is 1.62 bits per heavy atom. The fourth-order valence-electron chi connectivity index (χ4n) is 6.23. The maximum absolute atomic E-state index is 5.26. The van der Waals surface area contributed by atoms with Gasteiger partial charge in [-0.2, -0.15) is 0 Å². The molecule has 0 N–H and O–H groups in total. The lowest BCUT2D eigenvalue weighted by Crippen LogP contribution is -2.30. The summed E-state index contributed by atoms with van der Waals surface area (Å²) in [5, 5.41) is 5.32.